The fourth-order valence-corrected chi connectivity index (χ4v) is 1.18. The molecule has 0 aliphatic rings. The summed E-state index contributed by atoms with van der Waals surface area (Å²) < 4.78 is 0. The van der Waals surface area contributed by atoms with Gasteiger partial charge in [0.1, 0.15) is 0 Å². The molecule has 1 heteroatoms. The van der Waals surface area contributed by atoms with Crippen LogP contribution < -0.4 is 5.73 Å². The fraction of sp³-hybridized carbons (Fsp3) is 0.778. The predicted molar refractivity (Wildman–Crippen MR) is 46.9 cm³/mol. The van der Waals surface area contributed by atoms with Crippen molar-refractivity contribution in [3.63, 3.8) is 0 Å². The van der Waals surface area contributed by atoms with Gasteiger partial charge in [-0.1, -0.05) is 18.9 Å². The Morgan fingerprint density at radius 2 is 2.20 bits per heavy atom. The second kappa shape index (κ2) is 5.48. The van der Waals surface area contributed by atoms with Gasteiger partial charge in [-0.2, -0.15) is 0 Å². The van der Waals surface area contributed by atoms with Gasteiger partial charge < -0.3 is 5.73 Å². The molecule has 1 nitrogen and oxygen atoms in total. The van der Waals surface area contributed by atoms with Gasteiger partial charge in [-0.25, -0.2) is 0 Å². The third kappa shape index (κ3) is 4.57. The molecule has 0 amide bonds. The molecular formula is C9H19N. The van der Waals surface area contributed by atoms with Crippen molar-refractivity contribution in [1.82, 2.24) is 0 Å². The maximum absolute atomic E-state index is 5.45. The summed E-state index contributed by atoms with van der Waals surface area (Å²) in [5, 5.41) is 0. The number of nitrogens with two attached hydrogens (primary N) is 1. The topological polar surface area (TPSA) is 26.0 Å². The highest BCUT2D eigenvalue weighted by Gasteiger charge is 2.03. The minimum atomic E-state index is 0.766. The summed E-state index contributed by atoms with van der Waals surface area (Å²) in [6.07, 6.45) is 3.52. The van der Waals surface area contributed by atoms with E-state index in [1.807, 2.05) is 0 Å². The third-order valence-electron chi connectivity index (χ3n) is 1.79. The monoisotopic (exact) mass is 141 g/mol. The van der Waals surface area contributed by atoms with E-state index in [1.54, 1.807) is 0 Å². The van der Waals surface area contributed by atoms with Crippen LogP contribution in [0, 0.1) is 5.92 Å². The lowest BCUT2D eigenvalue weighted by Gasteiger charge is -2.12. The highest BCUT2D eigenvalue weighted by molar-refractivity contribution is 4.89. The Morgan fingerprint density at radius 3 is 2.50 bits per heavy atom. The fourth-order valence-electron chi connectivity index (χ4n) is 1.18. The molecule has 0 radical (unpaired) electrons. The molecule has 0 saturated carbocycles. The maximum atomic E-state index is 5.45. The number of allylic oxidation sites excluding steroid dienone is 1. The Morgan fingerprint density at radius 1 is 1.60 bits per heavy atom. The second-order valence-corrected chi connectivity index (χ2v) is 3.01. The van der Waals surface area contributed by atoms with Crippen molar-refractivity contribution in [3.8, 4) is 0 Å². The van der Waals surface area contributed by atoms with E-state index >= 15 is 0 Å². The smallest absolute Gasteiger partial charge is 0.00745 e. The van der Waals surface area contributed by atoms with Gasteiger partial charge in [0, 0.05) is 0 Å². The minimum Gasteiger partial charge on any atom is -0.330 e. The van der Waals surface area contributed by atoms with Crippen molar-refractivity contribution in [3.05, 3.63) is 12.2 Å². The maximum Gasteiger partial charge on any atom is -0.00745 e. The van der Waals surface area contributed by atoms with Crippen LogP contribution in [0.15, 0.2) is 12.2 Å². The minimum absolute atomic E-state index is 0.766. The number of rotatable bonds is 5. The first-order valence-electron chi connectivity index (χ1n) is 4.05. The SMILES string of the molecule is C=C(C)CC(CC)CCN. The molecule has 60 valence electrons. The molecule has 0 rings (SSSR count). The van der Waals surface area contributed by atoms with Crippen molar-refractivity contribution >= 4 is 0 Å². The number of hydrogen-bond acceptors (Lipinski definition) is 1. The predicted octanol–water partition coefficient (Wildman–Crippen LogP) is 2.33. The van der Waals surface area contributed by atoms with Gasteiger partial charge in [-0.05, 0) is 32.2 Å². The first kappa shape index (κ1) is 9.70. The Labute approximate surface area is 64.3 Å². The standard InChI is InChI=1S/C9H19N/c1-4-9(5-6-10)7-8(2)3/h9H,2,4-7,10H2,1,3H3. The molecule has 0 fully saturated rings. The summed E-state index contributed by atoms with van der Waals surface area (Å²) in [6.45, 7) is 8.99. The molecule has 0 bridgehead atoms. The zero-order valence-electron chi connectivity index (χ0n) is 7.19. The summed E-state index contributed by atoms with van der Waals surface area (Å²) in [6, 6.07) is 0. The molecule has 0 spiro atoms. The average Bonchev–Trinajstić information content (AvgIpc) is 1.86. The summed E-state index contributed by atoms with van der Waals surface area (Å²) in [5.41, 5.74) is 6.73. The van der Waals surface area contributed by atoms with Crippen molar-refractivity contribution in [2.75, 3.05) is 6.54 Å². The lowest BCUT2D eigenvalue weighted by molar-refractivity contribution is 0.474. The van der Waals surface area contributed by atoms with Crippen molar-refractivity contribution in [1.29, 1.82) is 0 Å². The molecule has 0 saturated heterocycles. The van der Waals surface area contributed by atoms with Gasteiger partial charge in [-0.15, -0.1) is 6.58 Å². The highest BCUT2D eigenvalue weighted by Crippen LogP contribution is 2.16. The van der Waals surface area contributed by atoms with Crippen LogP contribution in [-0.2, 0) is 0 Å². The quantitative estimate of drug-likeness (QED) is 0.584. The lowest BCUT2D eigenvalue weighted by atomic mass is 9.95. The average molecular weight is 141 g/mol. The Balaban J connectivity index is 3.49. The molecular weight excluding hydrogens is 122 g/mol. The summed E-state index contributed by atoms with van der Waals surface area (Å²) in [5.74, 6) is 0.766. The van der Waals surface area contributed by atoms with Gasteiger partial charge in [-0.3, -0.25) is 0 Å². The van der Waals surface area contributed by atoms with Gasteiger partial charge >= 0.3 is 0 Å². The van der Waals surface area contributed by atoms with E-state index in [4.69, 9.17) is 5.73 Å². The molecule has 0 aromatic carbocycles. The van der Waals surface area contributed by atoms with E-state index in [0.717, 1.165) is 25.3 Å². The van der Waals surface area contributed by atoms with E-state index in [-0.39, 0.29) is 0 Å². The zero-order chi connectivity index (χ0) is 7.98. The molecule has 1 atom stereocenters. The zero-order valence-corrected chi connectivity index (χ0v) is 7.19. The molecule has 0 aliphatic heterocycles. The van der Waals surface area contributed by atoms with Gasteiger partial charge in [0.05, 0.1) is 0 Å². The van der Waals surface area contributed by atoms with Crippen LogP contribution in [0.25, 0.3) is 0 Å². The molecule has 2 N–H and O–H groups in total. The highest BCUT2D eigenvalue weighted by atomic mass is 14.5. The first-order chi connectivity index (χ1) is 4.70. The largest absolute Gasteiger partial charge is 0.330 e. The molecule has 0 aromatic rings. The Kier molecular flexibility index (Phi) is 5.32. The Hall–Kier alpha value is -0.300. The summed E-state index contributed by atoms with van der Waals surface area (Å²) in [4.78, 5) is 0. The van der Waals surface area contributed by atoms with Crippen molar-refractivity contribution in [2.45, 2.75) is 33.1 Å². The van der Waals surface area contributed by atoms with E-state index in [9.17, 15) is 0 Å². The lowest BCUT2D eigenvalue weighted by Crippen LogP contribution is -2.07. The summed E-state index contributed by atoms with van der Waals surface area (Å²) in [7, 11) is 0. The molecule has 0 aliphatic carbocycles. The number of hydrogen-bond donors (Lipinski definition) is 1. The van der Waals surface area contributed by atoms with Crippen LogP contribution in [0.3, 0.4) is 0 Å². The van der Waals surface area contributed by atoms with Crippen LogP contribution in [0.4, 0.5) is 0 Å². The van der Waals surface area contributed by atoms with E-state index in [0.29, 0.717) is 0 Å². The van der Waals surface area contributed by atoms with Gasteiger partial charge in [0.25, 0.3) is 0 Å². The second-order valence-electron chi connectivity index (χ2n) is 3.01. The van der Waals surface area contributed by atoms with Crippen molar-refractivity contribution in [2.24, 2.45) is 11.7 Å². The molecule has 0 heterocycles. The van der Waals surface area contributed by atoms with E-state index < -0.39 is 0 Å². The van der Waals surface area contributed by atoms with Crippen LogP contribution in [0.2, 0.25) is 0 Å². The van der Waals surface area contributed by atoms with E-state index in [1.165, 1.54) is 12.0 Å². The van der Waals surface area contributed by atoms with E-state index in [2.05, 4.69) is 20.4 Å². The molecule has 0 aromatic heterocycles. The third-order valence-corrected chi connectivity index (χ3v) is 1.79. The molecule has 1 unspecified atom stereocenters. The van der Waals surface area contributed by atoms with Crippen LogP contribution in [0.1, 0.15) is 33.1 Å². The Bertz CT molecular complexity index is 96.9. The van der Waals surface area contributed by atoms with Crippen LogP contribution >= 0.6 is 0 Å². The first-order valence-corrected chi connectivity index (χ1v) is 4.05. The summed E-state index contributed by atoms with van der Waals surface area (Å²) >= 11 is 0. The van der Waals surface area contributed by atoms with Crippen LogP contribution in [0.5, 0.6) is 0 Å². The van der Waals surface area contributed by atoms with Crippen LogP contribution in [-0.4, -0.2) is 6.54 Å². The molecule has 10 heavy (non-hydrogen) atoms. The van der Waals surface area contributed by atoms with Gasteiger partial charge in [0.2, 0.25) is 0 Å². The van der Waals surface area contributed by atoms with Crippen molar-refractivity contribution < 1.29 is 0 Å². The normalized spacial score (nSPS) is 13.1. The van der Waals surface area contributed by atoms with Gasteiger partial charge in [0.15, 0.2) is 0 Å².